The number of thiazole rings is 1. The molecule has 0 aliphatic carbocycles. The molecule has 8 heteroatoms. The van der Waals surface area contributed by atoms with Crippen LogP contribution in [0, 0.1) is 6.92 Å². The van der Waals surface area contributed by atoms with E-state index in [-0.39, 0.29) is 0 Å². The molecule has 0 radical (unpaired) electrons. The SMILES string of the molecule is Cc1nc(N)sc1SCCSc1cccc(C(F)(F)F)c1. The van der Waals surface area contributed by atoms with Gasteiger partial charge in [-0.05, 0) is 25.1 Å². The number of rotatable bonds is 5. The quantitative estimate of drug-likeness (QED) is 0.612. The van der Waals surface area contributed by atoms with Crippen molar-refractivity contribution in [3.63, 3.8) is 0 Å². The molecular formula is C13H13F3N2S3. The van der Waals surface area contributed by atoms with Gasteiger partial charge in [0.15, 0.2) is 5.13 Å². The van der Waals surface area contributed by atoms with E-state index in [1.807, 2.05) is 6.92 Å². The molecule has 2 aromatic rings. The number of nitrogen functional groups attached to an aromatic ring is 1. The molecule has 2 N–H and O–H groups in total. The molecular weight excluding hydrogens is 337 g/mol. The van der Waals surface area contributed by atoms with Crippen LogP contribution in [-0.4, -0.2) is 16.5 Å². The molecule has 1 heterocycles. The van der Waals surface area contributed by atoms with Gasteiger partial charge in [-0.25, -0.2) is 4.98 Å². The summed E-state index contributed by atoms with van der Waals surface area (Å²) in [5.74, 6) is 1.52. The van der Waals surface area contributed by atoms with Gasteiger partial charge >= 0.3 is 6.18 Å². The molecule has 0 bridgehead atoms. The third-order valence-corrected chi connectivity index (χ3v) is 6.12. The minimum atomic E-state index is -4.29. The van der Waals surface area contributed by atoms with Gasteiger partial charge in [0, 0.05) is 16.4 Å². The van der Waals surface area contributed by atoms with Gasteiger partial charge in [-0.3, -0.25) is 0 Å². The van der Waals surface area contributed by atoms with Crippen molar-refractivity contribution >= 4 is 40.0 Å². The lowest BCUT2D eigenvalue weighted by atomic mass is 10.2. The maximum Gasteiger partial charge on any atom is 0.416 e. The minimum absolute atomic E-state index is 0.542. The first-order valence-electron chi connectivity index (χ1n) is 6.02. The number of nitrogens with zero attached hydrogens (tertiary/aromatic N) is 1. The van der Waals surface area contributed by atoms with Crippen molar-refractivity contribution < 1.29 is 13.2 Å². The van der Waals surface area contributed by atoms with Crippen LogP contribution in [-0.2, 0) is 6.18 Å². The number of aromatic nitrogens is 1. The summed E-state index contributed by atoms with van der Waals surface area (Å²) in [6.45, 7) is 1.90. The second-order valence-corrected chi connectivity index (χ2v) is 7.71. The summed E-state index contributed by atoms with van der Waals surface area (Å²) in [5, 5.41) is 0.542. The van der Waals surface area contributed by atoms with E-state index in [2.05, 4.69) is 4.98 Å². The fourth-order valence-electron chi connectivity index (χ4n) is 1.59. The van der Waals surface area contributed by atoms with Crippen LogP contribution in [0.3, 0.4) is 0 Å². The highest BCUT2D eigenvalue weighted by Gasteiger charge is 2.30. The molecule has 2 rings (SSSR count). The molecule has 2 nitrogen and oxygen atoms in total. The Kier molecular flexibility index (Phi) is 5.45. The lowest BCUT2D eigenvalue weighted by Crippen LogP contribution is -2.04. The molecule has 21 heavy (non-hydrogen) atoms. The number of aryl methyl sites for hydroxylation is 1. The van der Waals surface area contributed by atoms with Gasteiger partial charge in [0.2, 0.25) is 0 Å². The molecule has 0 saturated carbocycles. The average Bonchev–Trinajstić information content (AvgIpc) is 2.72. The molecule has 0 spiro atoms. The number of hydrogen-bond donors (Lipinski definition) is 1. The Morgan fingerprint density at radius 2 is 1.95 bits per heavy atom. The zero-order valence-electron chi connectivity index (χ0n) is 11.1. The van der Waals surface area contributed by atoms with Gasteiger partial charge < -0.3 is 5.73 Å². The second kappa shape index (κ2) is 6.93. The highest BCUT2D eigenvalue weighted by molar-refractivity contribution is 8.04. The number of alkyl halides is 3. The lowest BCUT2D eigenvalue weighted by molar-refractivity contribution is -0.137. The summed E-state index contributed by atoms with van der Waals surface area (Å²) in [5.41, 5.74) is 5.92. The van der Waals surface area contributed by atoms with Crippen molar-refractivity contribution in [2.45, 2.75) is 22.2 Å². The van der Waals surface area contributed by atoms with Crippen molar-refractivity contribution in [1.29, 1.82) is 0 Å². The van der Waals surface area contributed by atoms with Crippen molar-refractivity contribution in [1.82, 2.24) is 4.98 Å². The Bertz CT molecular complexity index is 611. The molecule has 114 valence electrons. The maximum atomic E-state index is 12.6. The van der Waals surface area contributed by atoms with Gasteiger partial charge in [-0.1, -0.05) is 17.4 Å². The first-order chi connectivity index (χ1) is 9.86. The van der Waals surface area contributed by atoms with Crippen LogP contribution >= 0.6 is 34.9 Å². The Labute approximate surface area is 133 Å². The van der Waals surface area contributed by atoms with Gasteiger partial charge in [0.25, 0.3) is 0 Å². The van der Waals surface area contributed by atoms with Gasteiger partial charge in [-0.15, -0.1) is 23.5 Å². The summed E-state index contributed by atoms with van der Waals surface area (Å²) >= 11 is 4.48. The van der Waals surface area contributed by atoms with Crippen molar-refractivity contribution in [2.24, 2.45) is 0 Å². The average molecular weight is 350 g/mol. The van der Waals surface area contributed by atoms with E-state index < -0.39 is 11.7 Å². The second-order valence-electron chi connectivity index (χ2n) is 4.15. The van der Waals surface area contributed by atoms with Crippen LogP contribution in [0.5, 0.6) is 0 Å². The Morgan fingerprint density at radius 3 is 2.57 bits per heavy atom. The molecule has 0 amide bonds. The van der Waals surface area contributed by atoms with Crippen molar-refractivity contribution in [2.75, 3.05) is 17.2 Å². The normalized spacial score (nSPS) is 11.8. The number of hydrogen-bond acceptors (Lipinski definition) is 5. The summed E-state index contributed by atoms with van der Waals surface area (Å²) in [4.78, 5) is 4.76. The van der Waals surface area contributed by atoms with Gasteiger partial charge in [0.05, 0.1) is 15.5 Å². The summed E-state index contributed by atoms with van der Waals surface area (Å²) in [6, 6.07) is 5.40. The number of thioether (sulfide) groups is 2. The van der Waals surface area contributed by atoms with E-state index in [9.17, 15) is 13.2 Å². The van der Waals surface area contributed by atoms with Gasteiger partial charge in [-0.2, -0.15) is 13.2 Å². The summed E-state index contributed by atoms with van der Waals surface area (Å²) in [7, 11) is 0. The van der Waals surface area contributed by atoms with Crippen LogP contribution in [0.25, 0.3) is 0 Å². The Hall–Kier alpha value is -0.860. The largest absolute Gasteiger partial charge is 0.416 e. The Morgan fingerprint density at radius 1 is 1.24 bits per heavy atom. The fourth-order valence-corrected chi connectivity index (χ4v) is 4.63. The van der Waals surface area contributed by atoms with Crippen LogP contribution in [0.2, 0.25) is 0 Å². The zero-order valence-corrected chi connectivity index (χ0v) is 13.6. The molecule has 0 fully saturated rings. The topological polar surface area (TPSA) is 38.9 Å². The van der Waals surface area contributed by atoms with Crippen LogP contribution in [0.4, 0.5) is 18.3 Å². The number of nitrogens with two attached hydrogens (primary N) is 1. The van der Waals surface area contributed by atoms with E-state index in [0.29, 0.717) is 10.0 Å². The van der Waals surface area contributed by atoms with E-state index in [4.69, 9.17) is 5.73 Å². The van der Waals surface area contributed by atoms with E-state index in [1.54, 1.807) is 17.8 Å². The predicted molar refractivity (Wildman–Crippen MR) is 84.2 cm³/mol. The third-order valence-electron chi connectivity index (χ3n) is 2.52. The van der Waals surface area contributed by atoms with Gasteiger partial charge in [0.1, 0.15) is 0 Å². The fraction of sp³-hybridized carbons (Fsp3) is 0.308. The molecule has 0 aliphatic rings. The third kappa shape index (κ3) is 4.82. The predicted octanol–water partition coefficient (Wildman–Crippen LogP) is 4.94. The first kappa shape index (κ1) is 16.5. The minimum Gasteiger partial charge on any atom is -0.375 e. The molecule has 1 aromatic carbocycles. The highest BCUT2D eigenvalue weighted by Crippen LogP contribution is 2.33. The maximum absolute atomic E-state index is 12.6. The number of anilines is 1. The molecule has 0 saturated heterocycles. The van der Waals surface area contributed by atoms with Crippen LogP contribution < -0.4 is 5.73 Å². The molecule has 0 aliphatic heterocycles. The first-order valence-corrected chi connectivity index (χ1v) is 8.81. The van der Waals surface area contributed by atoms with Crippen LogP contribution in [0.15, 0.2) is 33.4 Å². The Balaban J connectivity index is 1.85. The highest BCUT2D eigenvalue weighted by atomic mass is 32.2. The molecule has 1 aromatic heterocycles. The number of benzene rings is 1. The van der Waals surface area contributed by atoms with E-state index in [1.165, 1.54) is 35.2 Å². The van der Waals surface area contributed by atoms with Crippen molar-refractivity contribution in [3.8, 4) is 0 Å². The molecule has 0 atom stereocenters. The smallest absolute Gasteiger partial charge is 0.375 e. The monoisotopic (exact) mass is 350 g/mol. The van der Waals surface area contributed by atoms with Crippen LogP contribution in [0.1, 0.15) is 11.3 Å². The number of halogens is 3. The lowest BCUT2D eigenvalue weighted by Gasteiger charge is -2.08. The standard InChI is InChI=1S/C13H13F3N2S3/c1-8-11(21-12(17)18-8)20-6-5-19-10-4-2-3-9(7-10)13(14,15)16/h2-4,7H,5-6H2,1H3,(H2,17,18). The molecule has 0 unspecified atom stereocenters. The van der Waals surface area contributed by atoms with Crippen molar-refractivity contribution in [3.05, 3.63) is 35.5 Å². The van der Waals surface area contributed by atoms with E-state index in [0.717, 1.165) is 27.5 Å². The summed E-state index contributed by atoms with van der Waals surface area (Å²) in [6.07, 6.45) is -4.29. The zero-order chi connectivity index (χ0) is 15.5. The van der Waals surface area contributed by atoms with E-state index >= 15 is 0 Å². The summed E-state index contributed by atoms with van der Waals surface area (Å²) < 4.78 is 38.8.